The molecule has 1 N–H and O–H groups in total. The lowest BCUT2D eigenvalue weighted by Gasteiger charge is -2.20. The molecule has 1 aromatic heterocycles. The second-order valence-electron chi connectivity index (χ2n) is 3.80. The molecule has 0 saturated carbocycles. The first-order valence-corrected chi connectivity index (χ1v) is 6.06. The number of hydrogen-bond acceptors (Lipinski definition) is 4. The Morgan fingerprint density at radius 1 is 1.53 bits per heavy atom. The van der Waals surface area contributed by atoms with Crippen LogP contribution in [-0.4, -0.2) is 54.3 Å². The highest BCUT2D eigenvalue weighted by Gasteiger charge is 2.14. The van der Waals surface area contributed by atoms with E-state index in [1.807, 2.05) is 6.92 Å². The van der Waals surface area contributed by atoms with Crippen molar-refractivity contribution in [3.63, 3.8) is 0 Å². The van der Waals surface area contributed by atoms with Crippen LogP contribution in [0.15, 0.2) is 18.5 Å². The third-order valence-electron chi connectivity index (χ3n) is 2.53. The molecule has 0 radical (unpaired) electrons. The van der Waals surface area contributed by atoms with E-state index in [0.717, 1.165) is 0 Å². The van der Waals surface area contributed by atoms with E-state index in [2.05, 4.69) is 16.8 Å². The Kier molecular flexibility index (Phi) is 6.58. The smallest absolute Gasteiger partial charge is 0.255 e. The SMILES string of the molecule is CCN(CCOC)C(=O)c1cncc(C#CCO)c1. The fourth-order valence-electron chi connectivity index (χ4n) is 1.55. The fraction of sp³-hybridized carbons (Fsp3) is 0.429. The van der Waals surface area contributed by atoms with Gasteiger partial charge in [-0.15, -0.1) is 0 Å². The number of aromatic nitrogens is 1. The molecule has 0 spiro atoms. The number of carbonyl (C=O) groups is 1. The predicted octanol–water partition coefficient (Wildman–Crippen LogP) is 0.534. The molecule has 0 aliphatic carbocycles. The van der Waals surface area contributed by atoms with Gasteiger partial charge in [0, 0.05) is 38.2 Å². The summed E-state index contributed by atoms with van der Waals surface area (Å²) in [5, 5.41) is 8.65. The van der Waals surface area contributed by atoms with Gasteiger partial charge in [-0.1, -0.05) is 11.8 Å². The van der Waals surface area contributed by atoms with Gasteiger partial charge < -0.3 is 14.7 Å². The molecule has 0 fully saturated rings. The van der Waals surface area contributed by atoms with Crippen molar-refractivity contribution in [2.24, 2.45) is 0 Å². The monoisotopic (exact) mass is 262 g/mol. The zero-order valence-corrected chi connectivity index (χ0v) is 11.2. The number of rotatable bonds is 5. The molecule has 19 heavy (non-hydrogen) atoms. The van der Waals surface area contributed by atoms with Crippen LogP contribution >= 0.6 is 0 Å². The van der Waals surface area contributed by atoms with E-state index in [4.69, 9.17) is 9.84 Å². The number of aliphatic hydroxyl groups excluding tert-OH is 1. The Balaban J connectivity index is 2.85. The molecule has 0 bridgehead atoms. The normalized spacial score (nSPS) is 9.63. The van der Waals surface area contributed by atoms with Crippen LogP contribution in [0.1, 0.15) is 22.8 Å². The van der Waals surface area contributed by atoms with Gasteiger partial charge in [0.1, 0.15) is 6.61 Å². The number of pyridine rings is 1. The van der Waals surface area contributed by atoms with Crippen molar-refractivity contribution >= 4 is 5.91 Å². The number of carbonyl (C=O) groups excluding carboxylic acids is 1. The lowest BCUT2D eigenvalue weighted by atomic mass is 10.2. The molecule has 0 unspecified atom stereocenters. The number of aliphatic hydroxyl groups is 1. The number of likely N-dealkylation sites (N-methyl/N-ethyl adjacent to an activating group) is 1. The summed E-state index contributed by atoms with van der Waals surface area (Å²) < 4.78 is 4.98. The van der Waals surface area contributed by atoms with Crippen molar-refractivity contribution < 1.29 is 14.6 Å². The van der Waals surface area contributed by atoms with Crippen LogP contribution < -0.4 is 0 Å². The lowest BCUT2D eigenvalue weighted by molar-refractivity contribution is 0.0706. The summed E-state index contributed by atoms with van der Waals surface area (Å²) in [6.45, 7) is 3.34. The standard InChI is InChI=1S/C14H18N2O3/c1-3-16(6-8-19-2)14(18)13-9-12(5-4-7-17)10-15-11-13/h9-11,17H,3,6-8H2,1-2H3. The molecule has 0 aromatic carbocycles. The van der Waals surface area contributed by atoms with E-state index >= 15 is 0 Å². The molecule has 5 heteroatoms. The van der Waals surface area contributed by atoms with Gasteiger partial charge >= 0.3 is 0 Å². The Morgan fingerprint density at radius 3 is 2.95 bits per heavy atom. The van der Waals surface area contributed by atoms with Crippen molar-refractivity contribution in [1.29, 1.82) is 0 Å². The maximum absolute atomic E-state index is 12.2. The molecule has 0 saturated heterocycles. The molecule has 0 atom stereocenters. The van der Waals surface area contributed by atoms with E-state index in [1.165, 1.54) is 6.20 Å². The van der Waals surface area contributed by atoms with Crippen LogP contribution in [0.5, 0.6) is 0 Å². The highest BCUT2D eigenvalue weighted by molar-refractivity contribution is 5.94. The summed E-state index contributed by atoms with van der Waals surface area (Å²) in [6, 6.07) is 1.67. The van der Waals surface area contributed by atoms with Crippen molar-refractivity contribution in [1.82, 2.24) is 9.88 Å². The van der Waals surface area contributed by atoms with E-state index < -0.39 is 0 Å². The van der Waals surface area contributed by atoms with Crippen LogP contribution in [0.2, 0.25) is 0 Å². The quantitative estimate of drug-likeness (QED) is 0.786. The van der Waals surface area contributed by atoms with Gasteiger partial charge in [0.25, 0.3) is 5.91 Å². The molecule has 1 amide bonds. The van der Waals surface area contributed by atoms with Gasteiger partial charge in [0.2, 0.25) is 0 Å². The summed E-state index contributed by atoms with van der Waals surface area (Å²) in [5.41, 5.74) is 1.10. The Hall–Kier alpha value is -1.90. The third-order valence-corrected chi connectivity index (χ3v) is 2.53. The van der Waals surface area contributed by atoms with Gasteiger partial charge in [-0.25, -0.2) is 0 Å². The summed E-state index contributed by atoms with van der Waals surface area (Å²) in [4.78, 5) is 17.9. The molecule has 5 nitrogen and oxygen atoms in total. The Morgan fingerprint density at radius 2 is 2.32 bits per heavy atom. The molecule has 1 heterocycles. The number of nitrogens with zero attached hydrogens (tertiary/aromatic N) is 2. The van der Waals surface area contributed by atoms with Gasteiger partial charge in [0.15, 0.2) is 0 Å². The molecular formula is C14H18N2O3. The molecule has 0 aliphatic rings. The van der Waals surface area contributed by atoms with Crippen LogP contribution in [0.4, 0.5) is 0 Å². The van der Waals surface area contributed by atoms with E-state index in [9.17, 15) is 4.79 Å². The van der Waals surface area contributed by atoms with E-state index in [0.29, 0.717) is 30.8 Å². The zero-order chi connectivity index (χ0) is 14.1. The second kappa shape index (κ2) is 8.25. The fourth-order valence-corrected chi connectivity index (χ4v) is 1.55. The van der Waals surface area contributed by atoms with E-state index in [1.54, 1.807) is 24.3 Å². The van der Waals surface area contributed by atoms with Crippen molar-refractivity contribution in [2.75, 3.05) is 33.4 Å². The van der Waals surface area contributed by atoms with Crippen molar-refractivity contribution in [2.45, 2.75) is 6.92 Å². The number of hydrogen-bond donors (Lipinski definition) is 1. The molecule has 102 valence electrons. The summed E-state index contributed by atoms with van der Waals surface area (Å²) >= 11 is 0. The largest absolute Gasteiger partial charge is 0.384 e. The summed E-state index contributed by atoms with van der Waals surface area (Å²) in [6.07, 6.45) is 3.08. The minimum atomic E-state index is -0.215. The number of amides is 1. The minimum Gasteiger partial charge on any atom is -0.384 e. The Bertz CT molecular complexity index is 477. The van der Waals surface area contributed by atoms with Gasteiger partial charge in [-0.3, -0.25) is 9.78 Å². The zero-order valence-electron chi connectivity index (χ0n) is 11.2. The predicted molar refractivity (Wildman–Crippen MR) is 71.7 cm³/mol. The van der Waals surface area contributed by atoms with Crippen molar-refractivity contribution in [3.05, 3.63) is 29.6 Å². The second-order valence-corrected chi connectivity index (χ2v) is 3.80. The topological polar surface area (TPSA) is 62.7 Å². The minimum absolute atomic E-state index is 0.0975. The summed E-state index contributed by atoms with van der Waals surface area (Å²) in [7, 11) is 1.60. The highest BCUT2D eigenvalue weighted by atomic mass is 16.5. The van der Waals surface area contributed by atoms with Gasteiger partial charge in [-0.05, 0) is 13.0 Å². The van der Waals surface area contributed by atoms with Crippen molar-refractivity contribution in [3.8, 4) is 11.8 Å². The van der Waals surface area contributed by atoms with Crippen LogP contribution in [-0.2, 0) is 4.74 Å². The maximum Gasteiger partial charge on any atom is 0.255 e. The number of methoxy groups -OCH3 is 1. The first-order chi connectivity index (χ1) is 9.22. The first kappa shape index (κ1) is 15.2. The maximum atomic E-state index is 12.2. The lowest BCUT2D eigenvalue weighted by Crippen LogP contribution is -2.33. The van der Waals surface area contributed by atoms with Crippen LogP contribution in [0, 0.1) is 11.8 Å². The number of ether oxygens (including phenoxy) is 1. The third kappa shape index (κ3) is 4.70. The highest BCUT2D eigenvalue weighted by Crippen LogP contribution is 2.06. The van der Waals surface area contributed by atoms with E-state index in [-0.39, 0.29) is 12.5 Å². The average molecular weight is 262 g/mol. The van der Waals surface area contributed by atoms with Crippen LogP contribution in [0.3, 0.4) is 0 Å². The van der Waals surface area contributed by atoms with Gasteiger partial charge in [-0.2, -0.15) is 0 Å². The first-order valence-electron chi connectivity index (χ1n) is 6.06. The van der Waals surface area contributed by atoms with Gasteiger partial charge in [0.05, 0.1) is 12.2 Å². The Labute approximate surface area is 113 Å². The molecule has 1 aromatic rings. The average Bonchev–Trinajstić information content (AvgIpc) is 2.46. The molecule has 1 rings (SSSR count). The molecule has 0 aliphatic heterocycles. The van der Waals surface area contributed by atoms with Crippen LogP contribution in [0.25, 0.3) is 0 Å². The molecular weight excluding hydrogens is 244 g/mol. The summed E-state index contributed by atoms with van der Waals surface area (Å²) in [5.74, 6) is 5.16.